The quantitative estimate of drug-likeness (QED) is 0.843. The first-order chi connectivity index (χ1) is 8.01. The molecule has 1 aromatic rings. The Morgan fingerprint density at radius 1 is 1.65 bits per heavy atom. The highest BCUT2D eigenvalue weighted by molar-refractivity contribution is 6.32. The fourth-order valence-corrected chi connectivity index (χ4v) is 1.66. The van der Waals surface area contributed by atoms with Crippen molar-refractivity contribution in [2.24, 2.45) is 5.73 Å². The number of ether oxygens (including phenoxy) is 1. The van der Waals surface area contributed by atoms with E-state index in [1.54, 1.807) is 0 Å². The minimum atomic E-state index is -2.78. The SMILES string of the molecule is COC(=O)Cc1cnc(C(F)F)c(Cl)c1CN. The van der Waals surface area contributed by atoms with E-state index in [0.29, 0.717) is 11.1 Å². The number of rotatable bonds is 4. The van der Waals surface area contributed by atoms with Crippen LogP contribution in [0, 0.1) is 0 Å². The Morgan fingerprint density at radius 2 is 2.29 bits per heavy atom. The smallest absolute Gasteiger partial charge is 0.310 e. The van der Waals surface area contributed by atoms with E-state index in [4.69, 9.17) is 17.3 Å². The van der Waals surface area contributed by atoms with E-state index in [-0.39, 0.29) is 18.0 Å². The zero-order valence-corrected chi connectivity index (χ0v) is 9.80. The van der Waals surface area contributed by atoms with Crippen molar-refractivity contribution >= 4 is 17.6 Å². The fourth-order valence-electron chi connectivity index (χ4n) is 1.33. The Labute approximate surface area is 102 Å². The van der Waals surface area contributed by atoms with Crippen LogP contribution >= 0.6 is 11.6 Å². The number of pyridine rings is 1. The van der Waals surface area contributed by atoms with Crippen molar-refractivity contribution in [3.63, 3.8) is 0 Å². The van der Waals surface area contributed by atoms with Crippen LogP contribution in [0.25, 0.3) is 0 Å². The molecule has 1 aromatic heterocycles. The van der Waals surface area contributed by atoms with Crippen LogP contribution in [0.1, 0.15) is 23.2 Å². The van der Waals surface area contributed by atoms with Crippen LogP contribution < -0.4 is 5.73 Å². The fraction of sp³-hybridized carbons (Fsp3) is 0.400. The third-order valence-corrected chi connectivity index (χ3v) is 2.63. The summed E-state index contributed by atoms with van der Waals surface area (Å²) >= 11 is 5.76. The molecule has 0 saturated carbocycles. The molecule has 0 aromatic carbocycles. The average molecular weight is 265 g/mol. The number of hydrogen-bond acceptors (Lipinski definition) is 4. The van der Waals surface area contributed by atoms with Gasteiger partial charge in [-0.25, -0.2) is 8.78 Å². The standard InChI is InChI=1S/C10H11ClF2N2O2/c1-17-7(16)2-5-4-15-9(10(12)13)8(11)6(5)3-14/h4,10H,2-3,14H2,1H3. The number of hydrogen-bond donors (Lipinski definition) is 1. The topological polar surface area (TPSA) is 65.2 Å². The van der Waals surface area contributed by atoms with Crippen LogP contribution in [0.4, 0.5) is 8.78 Å². The van der Waals surface area contributed by atoms with Gasteiger partial charge in [-0.2, -0.15) is 0 Å². The molecular formula is C10H11ClF2N2O2. The molecule has 4 nitrogen and oxygen atoms in total. The van der Waals surface area contributed by atoms with Crippen LogP contribution in [0.2, 0.25) is 5.02 Å². The molecule has 0 aliphatic rings. The van der Waals surface area contributed by atoms with Crippen molar-refractivity contribution in [1.82, 2.24) is 4.98 Å². The number of esters is 1. The number of carbonyl (C=O) groups excluding carboxylic acids is 1. The maximum atomic E-state index is 12.5. The molecule has 0 fully saturated rings. The summed E-state index contributed by atoms with van der Waals surface area (Å²) in [6, 6.07) is 0. The summed E-state index contributed by atoms with van der Waals surface area (Å²) in [6.07, 6.45) is -1.70. The summed E-state index contributed by atoms with van der Waals surface area (Å²) in [5.74, 6) is -0.512. The summed E-state index contributed by atoms with van der Waals surface area (Å²) < 4.78 is 29.5. The molecule has 0 saturated heterocycles. The van der Waals surface area contributed by atoms with Gasteiger partial charge in [-0.3, -0.25) is 9.78 Å². The van der Waals surface area contributed by atoms with Gasteiger partial charge in [-0.05, 0) is 11.1 Å². The lowest BCUT2D eigenvalue weighted by Crippen LogP contribution is -2.12. The van der Waals surface area contributed by atoms with Crippen molar-refractivity contribution in [2.75, 3.05) is 7.11 Å². The number of alkyl halides is 2. The van der Waals surface area contributed by atoms with Gasteiger partial charge in [0.15, 0.2) is 0 Å². The van der Waals surface area contributed by atoms with E-state index in [1.165, 1.54) is 13.3 Å². The van der Waals surface area contributed by atoms with Crippen molar-refractivity contribution in [1.29, 1.82) is 0 Å². The molecule has 0 radical (unpaired) electrons. The number of methoxy groups -OCH3 is 1. The number of halogens is 3. The van der Waals surface area contributed by atoms with Gasteiger partial charge < -0.3 is 10.5 Å². The number of nitrogens with two attached hydrogens (primary N) is 1. The van der Waals surface area contributed by atoms with Crippen LogP contribution in [0.15, 0.2) is 6.20 Å². The highest BCUT2D eigenvalue weighted by atomic mass is 35.5. The minimum absolute atomic E-state index is 0.0482. The van der Waals surface area contributed by atoms with Crippen molar-refractivity contribution in [3.05, 3.63) is 28.0 Å². The van der Waals surface area contributed by atoms with Crippen molar-refractivity contribution in [3.8, 4) is 0 Å². The van der Waals surface area contributed by atoms with Gasteiger partial charge in [0, 0.05) is 12.7 Å². The molecular weight excluding hydrogens is 254 g/mol. The molecule has 1 rings (SSSR count). The summed E-state index contributed by atoms with van der Waals surface area (Å²) in [4.78, 5) is 14.6. The predicted octanol–water partition coefficient (Wildman–Crippen LogP) is 1.85. The number of carbonyl (C=O) groups is 1. The molecule has 0 aliphatic heterocycles. The Balaban J connectivity index is 3.16. The Kier molecular flexibility index (Phi) is 4.77. The molecule has 94 valence electrons. The van der Waals surface area contributed by atoms with Crippen molar-refractivity contribution < 1.29 is 18.3 Å². The van der Waals surface area contributed by atoms with E-state index in [9.17, 15) is 13.6 Å². The molecule has 7 heteroatoms. The molecule has 0 aliphatic carbocycles. The van der Waals surface area contributed by atoms with Crippen molar-refractivity contribution in [2.45, 2.75) is 19.4 Å². The zero-order chi connectivity index (χ0) is 13.0. The monoisotopic (exact) mass is 264 g/mol. The van der Waals surface area contributed by atoms with Gasteiger partial charge in [-0.1, -0.05) is 11.6 Å². The molecule has 0 unspecified atom stereocenters. The third kappa shape index (κ3) is 3.10. The largest absolute Gasteiger partial charge is 0.469 e. The van der Waals surface area contributed by atoms with Gasteiger partial charge in [0.05, 0.1) is 18.6 Å². The first-order valence-corrected chi connectivity index (χ1v) is 5.10. The lowest BCUT2D eigenvalue weighted by atomic mass is 10.1. The molecule has 0 spiro atoms. The first kappa shape index (κ1) is 13.8. The van der Waals surface area contributed by atoms with E-state index in [1.807, 2.05) is 0 Å². The Bertz CT molecular complexity index is 427. The molecule has 2 N–H and O–H groups in total. The lowest BCUT2D eigenvalue weighted by molar-refractivity contribution is -0.139. The third-order valence-electron chi connectivity index (χ3n) is 2.21. The van der Waals surface area contributed by atoms with Gasteiger partial charge >= 0.3 is 5.97 Å². The van der Waals surface area contributed by atoms with E-state index >= 15 is 0 Å². The Hall–Kier alpha value is -1.27. The maximum absolute atomic E-state index is 12.5. The normalized spacial score (nSPS) is 10.7. The van der Waals surface area contributed by atoms with E-state index in [2.05, 4.69) is 9.72 Å². The van der Waals surface area contributed by atoms with Crippen LogP contribution in [0.5, 0.6) is 0 Å². The molecule has 17 heavy (non-hydrogen) atoms. The maximum Gasteiger partial charge on any atom is 0.310 e. The second-order valence-corrected chi connectivity index (χ2v) is 3.60. The molecule has 0 bridgehead atoms. The number of aromatic nitrogens is 1. The summed E-state index contributed by atoms with van der Waals surface area (Å²) in [5, 5.41) is -0.191. The Morgan fingerprint density at radius 3 is 2.76 bits per heavy atom. The second-order valence-electron chi connectivity index (χ2n) is 3.22. The summed E-state index contributed by atoms with van der Waals surface area (Å²) in [5.41, 5.74) is 5.59. The highest BCUT2D eigenvalue weighted by Gasteiger charge is 2.20. The highest BCUT2D eigenvalue weighted by Crippen LogP contribution is 2.29. The predicted molar refractivity (Wildman–Crippen MR) is 57.8 cm³/mol. The first-order valence-electron chi connectivity index (χ1n) is 4.72. The molecule has 0 amide bonds. The van der Waals surface area contributed by atoms with E-state index in [0.717, 1.165) is 0 Å². The number of nitrogens with zero attached hydrogens (tertiary/aromatic N) is 1. The van der Waals surface area contributed by atoms with Gasteiger partial charge in [-0.15, -0.1) is 0 Å². The van der Waals surface area contributed by atoms with Gasteiger partial charge in [0.2, 0.25) is 0 Å². The lowest BCUT2D eigenvalue weighted by Gasteiger charge is -2.11. The van der Waals surface area contributed by atoms with Gasteiger partial charge in [0.25, 0.3) is 6.43 Å². The summed E-state index contributed by atoms with van der Waals surface area (Å²) in [6.45, 7) is -0.0482. The van der Waals surface area contributed by atoms with Crippen LogP contribution in [-0.4, -0.2) is 18.1 Å². The minimum Gasteiger partial charge on any atom is -0.469 e. The zero-order valence-electron chi connectivity index (χ0n) is 9.04. The average Bonchev–Trinajstić information content (AvgIpc) is 2.28. The van der Waals surface area contributed by atoms with E-state index < -0.39 is 18.1 Å². The van der Waals surface area contributed by atoms with Crippen LogP contribution in [-0.2, 0) is 22.5 Å². The molecule has 0 atom stereocenters. The molecule has 1 heterocycles. The second kappa shape index (κ2) is 5.88. The van der Waals surface area contributed by atoms with Crippen LogP contribution in [0.3, 0.4) is 0 Å². The van der Waals surface area contributed by atoms with Gasteiger partial charge in [0.1, 0.15) is 5.69 Å². The summed E-state index contributed by atoms with van der Waals surface area (Å²) in [7, 11) is 1.23.